The molecule has 0 aliphatic heterocycles. The van der Waals surface area contributed by atoms with E-state index in [0.29, 0.717) is 0 Å². The summed E-state index contributed by atoms with van der Waals surface area (Å²) < 4.78 is 0. The third-order valence-electron chi connectivity index (χ3n) is 0.722. The van der Waals surface area contributed by atoms with Crippen LogP contribution in [0.1, 0.15) is 6.92 Å². The molecule has 0 heterocycles. The van der Waals surface area contributed by atoms with Gasteiger partial charge in [-0.1, -0.05) is 5.92 Å². The monoisotopic (exact) mass is 126 g/mol. The Hall–Kier alpha value is -1.21. The van der Waals surface area contributed by atoms with Gasteiger partial charge in [0.1, 0.15) is 6.04 Å². The van der Waals surface area contributed by atoms with E-state index in [1.54, 1.807) is 6.92 Å². The highest BCUT2D eigenvalue weighted by atomic mass is 15.3. The van der Waals surface area contributed by atoms with E-state index in [4.69, 9.17) is 18.0 Å². The lowest BCUT2D eigenvalue weighted by Crippen LogP contribution is -2.37. The Bertz CT molecular complexity index is 144. The molecular formula is C5H10N4. The minimum Gasteiger partial charge on any atom is -0.369 e. The number of nitrogens with one attached hydrogen (secondary N) is 1. The maximum absolute atomic E-state index is 5.17. The summed E-state index contributed by atoms with van der Waals surface area (Å²) in [6.45, 7) is 1.74. The van der Waals surface area contributed by atoms with Gasteiger partial charge in [-0.2, -0.15) is 0 Å². The molecule has 0 saturated carbocycles. The molecule has 0 aromatic heterocycles. The smallest absolute Gasteiger partial charge is 0.204 e. The maximum atomic E-state index is 5.17. The van der Waals surface area contributed by atoms with Gasteiger partial charge in [-0.15, -0.1) is 6.42 Å². The van der Waals surface area contributed by atoms with E-state index in [-0.39, 0.29) is 12.0 Å². The van der Waals surface area contributed by atoms with Gasteiger partial charge in [0, 0.05) is 0 Å². The van der Waals surface area contributed by atoms with Crippen LogP contribution >= 0.6 is 0 Å². The summed E-state index contributed by atoms with van der Waals surface area (Å²) in [6, 6.07) is -0.221. The molecule has 9 heavy (non-hydrogen) atoms. The van der Waals surface area contributed by atoms with Gasteiger partial charge < -0.3 is 5.73 Å². The molecule has 0 aromatic carbocycles. The van der Waals surface area contributed by atoms with Crippen molar-refractivity contribution in [2.75, 3.05) is 0 Å². The first kappa shape index (κ1) is 7.79. The molecule has 0 saturated heterocycles. The van der Waals surface area contributed by atoms with Gasteiger partial charge >= 0.3 is 0 Å². The van der Waals surface area contributed by atoms with E-state index in [1.165, 1.54) is 0 Å². The number of nitrogens with zero attached hydrogens (tertiary/aromatic N) is 1. The molecule has 5 N–H and O–H groups in total. The predicted octanol–water partition coefficient (Wildman–Crippen LogP) is -1.21. The van der Waals surface area contributed by atoms with Crippen molar-refractivity contribution in [2.45, 2.75) is 13.0 Å². The molecule has 0 radical (unpaired) electrons. The average Bonchev–Trinajstić information content (AvgIpc) is 1.87. The topological polar surface area (TPSA) is 76.4 Å². The van der Waals surface area contributed by atoms with Crippen LogP contribution in [0.4, 0.5) is 0 Å². The van der Waals surface area contributed by atoms with Crippen molar-refractivity contribution >= 4 is 5.96 Å². The fourth-order valence-corrected chi connectivity index (χ4v) is 0.283. The van der Waals surface area contributed by atoms with Crippen LogP contribution in [0, 0.1) is 12.3 Å². The number of hydrogen-bond donors (Lipinski definition) is 3. The Morgan fingerprint density at radius 2 is 2.44 bits per heavy atom. The lowest BCUT2D eigenvalue weighted by molar-refractivity contribution is 0.909. The zero-order chi connectivity index (χ0) is 7.28. The average molecular weight is 126 g/mol. The second kappa shape index (κ2) is 3.75. The highest BCUT2D eigenvalue weighted by molar-refractivity contribution is 5.77. The molecule has 1 atom stereocenters. The number of hydrazine groups is 1. The molecule has 0 aromatic rings. The Labute approximate surface area is 54.3 Å². The second-order valence-electron chi connectivity index (χ2n) is 1.50. The van der Waals surface area contributed by atoms with Gasteiger partial charge in [-0.3, -0.25) is 5.43 Å². The highest BCUT2D eigenvalue weighted by Gasteiger charge is 1.90. The molecular weight excluding hydrogens is 116 g/mol. The third kappa shape index (κ3) is 3.38. The number of rotatable bonds is 1. The number of terminal acetylenes is 1. The first-order valence-corrected chi connectivity index (χ1v) is 2.46. The van der Waals surface area contributed by atoms with Gasteiger partial charge in [-0.05, 0) is 6.92 Å². The summed E-state index contributed by atoms with van der Waals surface area (Å²) in [5.74, 6) is 7.42. The summed E-state index contributed by atoms with van der Waals surface area (Å²) >= 11 is 0. The molecule has 0 aliphatic carbocycles. The van der Waals surface area contributed by atoms with Gasteiger partial charge in [0.05, 0.1) is 0 Å². The Balaban J connectivity index is 3.83. The van der Waals surface area contributed by atoms with E-state index in [1.807, 2.05) is 0 Å². The number of hydrogen-bond acceptors (Lipinski definition) is 2. The van der Waals surface area contributed by atoms with Crippen LogP contribution in [0.5, 0.6) is 0 Å². The fraction of sp³-hybridized carbons (Fsp3) is 0.400. The van der Waals surface area contributed by atoms with Crippen molar-refractivity contribution in [2.24, 2.45) is 16.6 Å². The number of nitrogens with two attached hydrogens (primary N) is 2. The molecule has 0 aliphatic rings. The Morgan fingerprint density at radius 3 is 2.78 bits per heavy atom. The highest BCUT2D eigenvalue weighted by Crippen LogP contribution is 1.82. The largest absolute Gasteiger partial charge is 0.369 e. The van der Waals surface area contributed by atoms with Gasteiger partial charge in [-0.25, -0.2) is 10.8 Å². The summed E-state index contributed by atoms with van der Waals surface area (Å²) in [4.78, 5) is 3.74. The van der Waals surface area contributed by atoms with Crippen LogP contribution in [-0.4, -0.2) is 12.0 Å². The van der Waals surface area contributed by atoms with Gasteiger partial charge in [0.2, 0.25) is 5.96 Å². The second-order valence-corrected chi connectivity index (χ2v) is 1.50. The summed E-state index contributed by atoms with van der Waals surface area (Å²) in [5, 5.41) is 0. The molecule has 50 valence electrons. The van der Waals surface area contributed by atoms with Crippen molar-refractivity contribution in [3.8, 4) is 12.3 Å². The normalized spacial score (nSPS) is 14.1. The quantitative estimate of drug-likeness (QED) is 0.136. The Morgan fingerprint density at radius 1 is 1.89 bits per heavy atom. The fourth-order valence-electron chi connectivity index (χ4n) is 0.283. The summed E-state index contributed by atoms with van der Waals surface area (Å²) in [5.41, 5.74) is 7.33. The van der Waals surface area contributed by atoms with E-state index >= 15 is 0 Å². The molecule has 1 unspecified atom stereocenters. The molecule has 0 rings (SSSR count). The molecule has 4 heteroatoms. The van der Waals surface area contributed by atoms with E-state index in [0.717, 1.165) is 0 Å². The van der Waals surface area contributed by atoms with E-state index in [9.17, 15) is 0 Å². The van der Waals surface area contributed by atoms with Crippen LogP contribution in [-0.2, 0) is 0 Å². The minimum absolute atomic E-state index is 0.153. The van der Waals surface area contributed by atoms with Gasteiger partial charge in [0.25, 0.3) is 0 Å². The van der Waals surface area contributed by atoms with Crippen molar-refractivity contribution in [1.29, 1.82) is 0 Å². The van der Waals surface area contributed by atoms with Crippen LogP contribution in [0.15, 0.2) is 4.99 Å². The van der Waals surface area contributed by atoms with E-state index < -0.39 is 0 Å². The zero-order valence-electron chi connectivity index (χ0n) is 5.26. The third-order valence-corrected chi connectivity index (χ3v) is 0.722. The molecule has 0 amide bonds. The van der Waals surface area contributed by atoms with Gasteiger partial charge in [0.15, 0.2) is 0 Å². The van der Waals surface area contributed by atoms with Crippen molar-refractivity contribution in [3.63, 3.8) is 0 Å². The predicted molar refractivity (Wildman–Crippen MR) is 37.2 cm³/mol. The molecule has 0 bridgehead atoms. The van der Waals surface area contributed by atoms with Crippen LogP contribution < -0.4 is 17.0 Å². The molecule has 4 nitrogen and oxygen atoms in total. The minimum atomic E-state index is -0.221. The van der Waals surface area contributed by atoms with Crippen molar-refractivity contribution in [1.82, 2.24) is 5.43 Å². The zero-order valence-corrected chi connectivity index (χ0v) is 5.26. The van der Waals surface area contributed by atoms with Crippen LogP contribution in [0.2, 0.25) is 0 Å². The van der Waals surface area contributed by atoms with E-state index in [2.05, 4.69) is 16.3 Å². The first-order valence-electron chi connectivity index (χ1n) is 2.46. The molecule has 0 spiro atoms. The van der Waals surface area contributed by atoms with Crippen LogP contribution in [0.3, 0.4) is 0 Å². The summed E-state index contributed by atoms with van der Waals surface area (Å²) in [7, 11) is 0. The number of aliphatic imine (C=N–C) groups is 1. The summed E-state index contributed by atoms with van der Waals surface area (Å²) in [6.07, 6.45) is 4.99. The Kier molecular flexibility index (Phi) is 3.25. The van der Waals surface area contributed by atoms with Crippen LogP contribution in [0.25, 0.3) is 0 Å². The SMILES string of the molecule is C#CC(C)N=C(N)NN. The van der Waals surface area contributed by atoms with Crippen molar-refractivity contribution < 1.29 is 0 Å². The van der Waals surface area contributed by atoms with Crippen molar-refractivity contribution in [3.05, 3.63) is 0 Å². The first-order chi connectivity index (χ1) is 4.20. The molecule has 0 fully saturated rings. The lowest BCUT2D eigenvalue weighted by Gasteiger charge is -1.98. The standard InChI is InChI=1S/C5H10N4/c1-3-4(2)8-5(6)9-7/h1,4H,7H2,2H3,(H3,6,8,9). The number of guanidine groups is 1. The maximum Gasteiger partial charge on any atom is 0.204 e. The lowest BCUT2D eigenvalue weighted by atomic mass is 10.4.